The molecule has 0 saturated carbocycles. The first-order valence-electron chi connectivity index (χ1n) is 4.39. The van der Waals surface area contributed by atoms with Crippen LogP contribution in [0.5, 0.6) is 0 Å². The molecule has 1 aromatic rings. The third-order valence-corrected chi connectivity index (χ3v) is 2.84. The minimum Gasteiger partial charge on any atom is -0.385 e. The molecule has 0 unspecified atom stereocenters. The maximum Gasteiger partial charge on any atom is 0.252 e. The molecule has 0 aliphatic heterocycles. The van der Waals surface area contributed by atoms with Crippen molar-refractivity contribution in [1.29, 1.82) is 0 Å². The van der Waals surface area contributed by atoms with Crippen LogP contribution in [-0.2, 0) is 4.74 Å². The molecule has 0 atom stereocenters. The molecule has 0 aliphatic rings. The smallest absolute Gasteiger partial charge is 0.252 e. The molecule has 7 heteroatoms. The molecular weight excluding hydrogens is 246 g/mol. The minimum absolute atomic E-state index is 0.296. The summed E-state index contributed by atoms with van der Waals surface area (Å²) >= 11 is 0.692. The van der Waals surface area contributed by atoms with Gasteiger partial charge in [0, 0.05) is 19.5 Å². The van der Waals surface area contributed by atoms with E-state index in [9.17, 15) is 17.6 Å². The van der Waals surface area contributed by atoms with Gasteiger partial charge >= 0.3 is 0 Å². The van der Waals surface area contributed by atoms with Crippen LogP contribution in [0.1, 0.15) is 6.42 Å². The Kier molecular flexibility index (Phi) is 5.01. The zero-order valence-electron chi connectivity index (χ0n) is 8.40. The van der Waals surface area contributed by atoms with E-state index in [1.54, 1.807) is 0 Å². The van der Waals surface area contributed by atoms with Crippen molar-refractivity contribution in [3.05, 3.63) is 23.5 Å². The van der Waals surface area contributed by atoms with Crippen molar-refractivity contribution in [3.63, 3.8) is 0 Å². The molecule has 0 spiro atoms. The summed E-state index contributed by atoms with van der Waals surface area (Å²) in [7, 11) is 1.48. The van der Waals surface area contributed by atoms with E-state index in [0.717, 1.165) is 0 Å². The van der Waals surface area contributed by atoms with Gasteiger partial charge in [-0.15, -0.1) is 11.8 Å². The molecule has 0 amide bonds. The molecule has 1 heterocycles. The van der Waals surface area contributed by atoms with Gasteiger partial charge in [0.25, 0.3) is 11.9 Å². The lowest BCUT2D eigenvalue weighted by atomic mass is 10.4. The van der Waals surface area contributed by atoms with Gasteiger partial charge in [-0.25, -0.2) is 8.78 Å². The van der Waals surface area contributed by atoms with Crippen molar-refractivity contribution in [1.82, 2.24) is 4.98 Å². The van der Waals surface area contributed by atoms with E-state index in [2.05, 4.69) is 4.98 Å². The largest absolute Gasteiger partial charge is 0.385 e. The Bertz CT molecular complexity index is 349. The third kappa shape index (κ3) is 3.08. The first-order valence-corrected chi connectivity index (χ1v) is 5.38. The van der Waals surface area contributed by atoms with Crippen molar-refractivity contribution in [2.75, 3.05) is 19.5 Å². The summed E-state index contributed by atoms with van der Waals surface area (Å²) in [5, 5.41) is 0. The first kappa shape index (κ1) is 13.2. The number of nitrogens with zero attached hydrogens (tertiary/aromatic N) is 1. The summed E-state index contributed by atoms with van der Waals surface area (Å²) in [4.78, 5) is 1.78. The zero-order valence-corrected chi connectivity index (χ0v) is 9.21. The van der Waals surface area contributed by atoms with E-state index in [-0.39, 0.29) is 0 Å². The Labute approximate surface area is 94.0 Å². The number of hydrogen-bond donors (Lipinski definition) is 0. The second kappa shape index (κ2) is 6.05. The lowest BCUT2D eigenvalue weighted by Crippen LogP contribution is -2.02. The fourth-order valence-electron chi connectivity index (χ4n) is 0.972. The number of thioether (sulfide) groups is 1. The van der Waals surface area contributed by atoms with Gasteiger partial charge in [-0.2, -0.15) is 13.8 Å². The first-order chi connectivity index (χ1) is 7.57. The summed E-state index contributed by atoms with van der Waals surface area (Å²) in [5.41, 5.74) is 0. The normalized spacial score (nSPS) is 10.8. The molecule has 1 rings (SSSR count). The Balaban J connectivity index is 2.78. The molecule has 0 saturated heterocycles. The molecule has 1 aromatic heterocycles. The summed E-state index contributed by atoms with van der Waals surface area (Å²) in [5.74, 6) is -5.88. The Morgan fingerprint density at radius 3 is 2.19 bits per heavy atom. The van der Waals surface area contributed by atoms with Crippen molar-refractivity contribution >= 4 is 11.8 Å². The van der Waals surface area contributed by atoms with Crippen molar-refractivity contribution in [2.45, 2.75) is 11.3 Å². The average Bonchev–Trinajstić information content (AvgIpc) is 2.25. The Hall–Kier alpha value is -0.820. The van der Waals surface area contributed by atoms with Gasteiger partial charge in [0.2, 0.25) is 0 Å². The number of pyridine rings is 1. The summed E-state index contributed by atoms with van der Waals surface area (Å²) in [6, 6.07) is 0. The van der Waals surface area contributed by atoms with Gasteiger partial charge in [-0.05, 0) is 6.42 Å². The lowest BCUT2D eigenvalue weighted by Gasteiger charge is -2.05. The SMILES string of the molecule is COCCCSc1c(F)c(F)nc(F)c1F. The predicted molar refractivity (Wildman–Crippen MR) is 51.3 cm³/mol. The van der Waals surface area contributed by atoms with E-state index in [4.69, 9.17) is 4.74 Å². The van der Waals surface area contributed by atoms with E-state index in [1.807, 2.05) is 0 Å². The highest BCUT2D eigenvalue weighted by Crippen LogP contribution is 2.27. The number of ether oxygens (including phenoxy) is 1. The maximum absolute atomic E-state index is 13.1. The number of rotatable bonds is 5. The highest BCUT2D eigenvalue weighted by atomic mass is 32.2. The van der Waals surface area contributed by atoms with Crippen LogP contribution in [0.15, 0.2) is 4.90 Å². The maximum atomic E-state index is 13.1. The molecule has 0 aliphatic carbocycles. The molecule has 0 aromatic carbocycles. The van der Waals surface area contributed by atoms with Gasteiger partial charge in [0.05, 0.1) is 4.90 Å². The van der Waals surface area contributed by atoms with Gasteiger partial charge < -0.3 is 4.74 Å². The standard InChI is InChI=1S/C9H9F4NOS/c1-15-3-2-4-16-7-5(10)8(12)14-9(13)6(7)11/h2-4H2,1H3. The van der Waals surface area contributed by atoms with E-state index in [0.29, 0.717) is 30.5 Å². The fourth-order valence-corrected chi connectivity index (χ4v) is 1.86. The molecule has 16 heavy (non-hydrogen) atoms. The number of halogens is 4. The lowest BCUT2D eigenvalue weighted by molar-refractivity contribution is 0.200. The monoisotopic (exact) mass is 255 g/mol. The van der Waals surface area contributed by atoms with Crippen LogP contribution in [-0.4, -0.2) is 24.5 Å². The predicted octanol–water partition coefficient (Wildman–Crippen LogP) is 2.77. The fraction of sp³-hybridized carbons (Fsp3) is 0.444. The van der Waals surface area contributed by atoms with Crippen molar-refractivity contribution in [3.8, 4) is 0 Å². The Morgan fingerprint density at radius 2 is 1.69 bits per heavy atom. The Morgan fingerprint density at radius 1 is 1.12 bits per heavy atom. The zero-order chi connectivity index (χ0) is 12.1. The molecule has 0 radical (unpaired) electrons. The summed E-state index contributed by atoms with van der Waals surface area (Å²) in [6.45, 7) is 0.409. The van der Waals surface area contributed by atoms with Gasteiger partial charge in [-0.3, -0.25) is 0 Å². The number of hydrogen-bond acceptors (Lipinski definition) is 3. The van der Waals surface area contributed by atoms with E-state index < -0.39 is 28.4 Å². The molecular formula is C9H9F4NOS. The number of aromatic nitrogens is 1. The molecule has 0 bridgehead atoms. The molecule has 0 fully saturated rings. The topological polar surface area (TPSA) is 22.1 Å². The third-order valence-electron chi connectivity index (χ3n) is 1.70. The van der Waals surface area contributed by atoms with Crippen LogP contribution >= 0.6 is 11.8 Å². The highest BCUT2D eigenvalue weighted by Gasteiger charge is 2.20. The van der Waals surface area contributed by atoms with E-state index >= 15 is 0 Å². The van der Waals surface area contributed by atoms with Gasteiger partial charge in [-0.1, -0.05) is 0 Å². The average molecular weight is 255 g/mol. The van der Waals surface area contributed by atoms with Gasteiger partial charge in [0.15, 0.2) is 11.6 Å². The molecule has 2 nitrogen and oxygen atoms in total. The highest BCUT2D eigenvalue weighted by molar-refractivity contribution is 7.99. The minimum atomic E-state index is -1.63. The summed E-state index contributed by atoms with van der Waals surface area (Å²) < 4.78 is 56.2. The van der Waals surface area contributed by atoms with E-state index in [1.165, 1.54) is 7.11 Å². The van der Waals surface area contributed by atoms with Gasteiger partial charge in [0.1, 0.15) is 0 Å². The molecule has 0 N–H and O–H groups in total. The van der Waals surface area contributed by atoms with Crippen LogP contribution in [0.3, 0.4) is 0 Å². The van der Waals surface area contributed by atoms with Crippen LogP contribution in [0.25, 0.3) is 0 Å². The number of methoxy groups -OCH3 is 1. The van der Waals surface area contributed by atoms with Crippen molar-refractivity contribution < 1.29 is 22.3 Å². The molecule has 90 valence electrons. The second-order valence-electron chi connectivity index (χ2n) is 2.85. The van der Waals surface area contributed by atoms with Crippen LogP contribution in [0, 0.1) is 23.5 Å². The van der Waals surface area contributed by atoms with Crippen molar-refractivity contribution in [2.24, 2.45) is 0 Å². The second-order valence-corrected chi connectivity index (χ2v) is 3.95. The quantitative estimate of drug-likeness (QED) is 0.349. The van der Waals surface area contributed by atoms with Crippen LogP contribution in [0.2, 0.25) is 0 Å². The summed E-state index contributed by atoms with van der Waals surface area (Å²) in [6.07, 6.45) is 0.519. The van der Waals surface area contributed by atoms with Crippen LogP contribution in [0.4, 0.5) is 17.6 Å². The van der Waals surface area contributed by atoms with Crippen LogP contribution < -0.4 is 0 Å².